The van der Waals surface area contributed by atoms with Crippen molar-refractivity contribution in [3.63, 3.8) is 0 Å². The van der Waals surface area contributed by atoms with Gasteiger partial charge in [0.2, 0.25) is 0 Å². The molecule has 0 fully saturated rings. The zero-order valence-corrected chi connectivity index (χ0v) is 12.8. The average Bonchev–Trinajstić information content (AvgIpc) is 2.56. The molecule has 0 aliphatic rings. The zero-order valence-electron chi connectivity index (χ0n) is 12.0. The van der Waals surface area contributed by atoms with Crippen molar-refractivity contribution in [3.05, 3.63) is 78.7 Å². The Hall–Kier alpha value is -1.93. The van der Waals surface area contributed by atoms with E-state index in [1.807, 2.05) is 23.9 Å². The maximum absolute atomic E-state index is 5.17. The maximum Gasteiger partial charge on any atom is 0.118 e. The lowest BCUT2D eigenvalue weighted by atomic mass is 10.0. The number of ether oxygens (including phenoxy) is 1. The Morgan fingerprint density at radius 2 is 1.67 bits per heavy atom. The minimum absolute atomic E-state index is 0.900. The molecule has 0 aliphatic heterocycles. The summed E-state index contributed by atoms with van der Waals surface area (Å²) in [5.41, 5.74) is 1.30. The molecule has 2 heteroatoms. The molecule has 0 unspecified atom stereocenters. The van der Waals surface area contributed by atoms with Gasteiger partial charge in [0, 0.05) is 17.1 Å². The van der Waals surface area contributed by atoms with Crippen LogP contribution in [-0.4, -0.2) is 12.9 Å². The van der Waals surface area contributed by atoms with Crippen LogP contribution in [0, 0.1) is 6.42 Å². The van der Waals surface area contributed by atoms with Crippen molar-refractivity contribution in [1.29, 1.82) is 0 Å². The van der Waals surface area contributed by atoms with Crippen molar-refractivity contribution in [2.45, 2.75) is 4.90 Å². The molecule has 3 aromatic rings. The lowest BCUT2D eigenvalue weighted by molar-refractivity contribution is 0.414. The van der Waals surface area contributed by atoms with Crippen LogP contribution < -0.4 is 4.74 Å². The first-order valence-corrected chi connectivity index (χ1v) is 7.93. The van der Waals surface area contributed by atoms with Gasteiger partial charge in [-0.15, -0.1) is 11.8 Å². The number of rotatable bonds is 5. The SMILES string of the molecule is COc1ccc(SC[CH]c2cccc3ccccc23)cc1. The van der Waals surface area contributed by atoms with Gasteiger partial charge in [0.15, 0.2) is 0 Å². The molecular weight excluding hydrogens is 276 g/mol. The number of hydrogen-bond acceptors (Lipinski definition) is 2. The van der Waals surface area contributed by atoms with E-state index in [1.165, 1.54) is 21.2 Å². The molecule has 1 radical (unpaired) electrons. The maximum atomic E-state index is 5.17. The van der Waals surface area contributed by atoms with Crippen LogP contribution in [-0.2, 0) is 0 Å². The van der Waals surface area contributed by atoms with Gasteiger partial charge in [-0.25, -0.2) is 0 Å². The Morgan fingerprint density at radius 1 is 0.905 bits per heavy atom. The van der Waals surface area contributed by atoms with E-state index in [0.29, 0.717) is 0 Å². The number of thioether (sulfide) groups is 1. The summed E-state index contributed by atoms with van der Waals surface area (Å²) in [5.74, 6) is 1.86. The van der Waals surface area contributed by atoms with Gasteiger partial charge >= 0.3 is 0 Å². The fourth-order valence-corrected chi connectivity index (χ4v) is 3.11. The van der Waals surface area contributed by atoms with E-state index in [9.17, 15) is 0 Å². The van der Waals surface area contributed by atoms with Gasteiger partial charge in [-0.3, -0.25) is 0 Å². The second kappa shape index (κ2) is 6.68. The van der Waals surface area contributed by atoms with Gasteiger partial charge in [-0.05, 0) is 40.6 Å². The first-order chi connectivity index (χ1) is 10.4. The molecule has 0 amide bonds. The van der Waals surface area contributed by atoms with Crippen molar-refractivity contribution in [2.24, 2.45) is 0 Å². The van der Waals surface area contributed by atoms with Crippen LogP contribution >= 0.6 is 11.8 Å². The highest BCUT2D eigenvalue weighted by Gasteiger charge is 2.01. The molecule has 0 aliphatic carbocycles. The summed E-state index contributed by atoms with van der Waals surface area (Å²) in [4.78, 5) is 1.26. The van der Waals surface area contributed by atoms with Gasteiger partial charge < -0.3 is 4.74 Å². The van der Waals surface area contributed by atoms with Gasteiger partial charge in [0.25, 0.3) is 0 Å². The predicted octanol–water partition coefficient (Wildman–Crippen LogP) is 5.19. The van der Waals surface area contributed by atoms with Gasteiger partial charge in [0.1, 0.15) is 5.75 Å². The van der Waals surface area contributed by atoms with Crippen LogP contribution in [0.15, 0.2) is 71.6 Å². The molecule has 21 heavy (non-hydrogen) atoms. The molecule has 1 nitrogen and oxygen atoms in total. The van der Waals surface area contributed by atoms with Crippen LogP contribution in [0.5, 0.6) is 5.75 Å². The monoisotopic (exact) mass is 293 g/mol. The summed E-state index contributed by atoms with van der Waals surface area (Å²) in [6, 6.07) is 23.2. The minimum Gasteiger partial charge on any atom is -0.497 e. The Bertz CT molecular complexity index is 714. The molecule has 0 atom stereocenters. The van der Waals surface area contributed by atoms with E-state index >= 15 is 0 Å². The van der Waals surface area contributed by atoms with Crippen LogP contribution in [0.1, 0.15) is 5.56 Å². The third kappa shape index (κ3) is 3.40. The number of methoxy groups -OCH3 is 1. The Morgan fingerprint density at radius 3 is 2.48 bits per heavy atom. The zero-order chi connectivity index (χ0) is 14.5. The van der Waals surface area contributed by atoms with Crippen LogP contribution in [0.4, 0.5) is 0 Å². The lowest BCUT2D eigenvalue weighted by Crippen LogP contribution is -1.88. The molecule has 0 heterocycles. The molecule has 0 saturated carbocycles. The average molecular weight is 293 g/mol. The van der Waals surface area contributed by atoms with Crippen molar-refractivity contribution in [1.82, 2.24) is 0 Å². The molecule has 3 rings (SSSR count). The van der Waals surface area contributed by atoms with Gasteiger partial charge in [-0.1, -0.05) is 42.5 Å². The second-order valence-corrected chi connectivity index (χ2v) is 5.85. The summed E-state index contributed by atoms with van der Waals surface area (Å²) in [6.07, 6.45) is 2.29. The quantitative estimate of drug-likeness (QED) is 0.598. The highest BCUT2D eigenvalue weighted by atomic mass is 32.2. The lowest BCUT2D eigenvalue weighted by Gasteiger charge is -2.06. The first-order valence-electron chi connectivity index (χ1n) is 6.94. The fourth-order valence-electron chi connectivity index (χ4n) is 2.33. The molecule has 0 saturated heterocycles. The standard InChI is InChI=1S/C19H17OS/c1-20-17-9-11-18(12-10-17)21-14-13-16-7-4-6-15-5-2-3-8-19(15)16/h2-13H,14H2,1H3. The minimum atomic E-state index is 0.900. The third-order valence-corrected chi connectivity index (χ3v) is 4.37. The van der Waals surface area contributed by atoms with E-state index in [4.69, 9.17) is 4.74 Å². The summed E-state index contributed by atoms with van der Waals surface area (Å²) in [7, 11) is 1.69. The number of hydrogen-bond donors (Lipinski definition) is 0. The van der Waals surface area contributed by atoms with Gasteiger partial charge in [-0.2, -0.15) is 0 Å². The topological polar surface area (TPSA) is 9.23 Å². The van der Waals surface area contributed by atoms with Crippen molar-refractivity contribution < 1.29 is 4.74 Å². The highest BCUT2D eigenvalue weighted by molar-refractivity contribution is 7.99. The molecular formula is C19H17OS. The summed E-state index contributed by atoms with van der Waals surface area (Å²) < 4.78 is 5.17. The van der Waals surface area contributed by atoms with Crippen molar-refractivity contribution in [2.75, 3.05) is 12.9 Å². The fraction of sp³-hybridized carbons (Fsp3) is 0.105. The molecule has 0 aromatic heterocycles. The normalized spacial score (nSPS) is 10.7. The first kappa shape index (κ1) is 14.0. The Balaban J connectivity index is 1.66. The Labute approximate surface area is 130 Å². The van der Waals surface area contributed by atoms with E-state index in [1.54, 1.807) is 7.11 Å². The van der Waals surface area contributed by atoms with E-state index in [2.05, 4.69) is 61.0 Å². The smallest absolute Gasteiger partial charge is 0.118 e. The molecule has 3 aromatic carbocycles. The summed E-state index contributed by atoms with van der Waals surface area (Å²) >= 11 is 1.83. The van der Waals surface area contributed by atoms with Gasteiger partial charge in [0.05, 0.1) is 7.11 Å². The van der Waals surface area contributed by atoms with Crippen molar-refractivity contribution >= 4 is 22.5 Å². The summed E-state index contributed by atoms with van der Waals surface area (Å²) in [6.45, 7) is 0. The number of benzene rings is 3. The predicted molar refractivity (Wildman–Crippen MR) is 91.1 cm³/mol. The van der Waals surface area contributed by atoms with Crippen molar-refractivity contribution in [3.8, 4) is 5.75 Å². The number of fused-ring (bicyclic) bond motifs is 1. The van der Waals surface area contributed by atoms with Crippen LogP contribution in [0.3, 0.4) is 0 Å². The van der Waals surface area contributed by atoms with E-state index in [0.717, 1.165) is 11.5 Å². The molecule has 0 N–H and O–H groups in total. The van der Waals surface area contributed by atoms with E-state index < -0.39 is 0 Å². The van der Waals surface area contributed by atoms with E-state index in [-0.39, 0.29) is 0 Å². The second-order valence-electron chi connectivity index (χ2n) is 4.76. The molecule has 105 valence electrons. The third-order valence-electron chi connectivity index (χ3n) is 3.44. The highest BCUT2D eigenvalue weighted by Crippen LogP contribution is 2.25. The summed E-state index contributed by atoms with van der Waals surface area (Å²) in [5, 5.41) is 2.61. The largest absolute Gasteiger partial charge is 0.497 e. The molecule has 0 bridgehead atoms. The van der Waals surface area contributed by atoms with Crippen LogP contribution in [0.2, 0.25) is 0 Å². The molecule has 0 spiro atoms. The van der Waals surface area contributed by atoms with Crippen LogP contribution in [0.25, 0.3) is 10.8 Å². The Kier molecular flexibility index (Phi) is 4.46.